The Kier molecular flexibility index (Phi) is 7.04. The van der Waals surface area contributed by atoms with Gasteiger partial charge in [0.2, 0.25) is 0 Å². The van der Waals surface area contributed by atoms with E-state index in [1.54, 1.807) is 24.3 Å². The van der Waals surface area contributed by atoms with E-state index in [4.69, 9.17) is 4.74 Å². The first-order valence-corrected chi connectivity index (χ1v) is 8.42. The molecule has 0 bridgehead atoms. The number of anilines is 1. The number of hydrogen-bond acceptors (Lipinski definition) is 2. The van der Waals surface area contributed by atoms with Crippen LogP contribution in [-0.4, -0.2) is 12.6 Å². The first kappa shape index (κ1) is 20.5. The summed E-state index contributed by atoms with van der Waals surface area (Å²) in [4.78, 5) is 11.9. The number of alkyl halides is 3. The number of halogens is 4. The Morgan fingerprint density at radius 2 is 1.81 bits per heavy atom. The Hall–Kier alpha value is -2.77. The van der Waals surface area contributed by atoms with Gasteiger partial charge in [-0.05, 0) is 54.4 Å². The highest BCUT2D eigenvalue weighted by molar-refractivity contribution is 5.89. The molecule has 0 aliphatic heterocycles. The molecule has 2 aromatic rings. The van der Waals surface area contributed by atoms with Gasteiger partial charge in [0, 0.05) is 12.2 Å². The smallest absolute Gasteiger partial charge is 0.416 e. The largest absolute Gasteiger partial charge is 0.494 e. The summed E-state index contributed by atoms with van der Waals surface area (Å²) < 4.78 is 56.9. The van der Waals surface area contributed by atoms with E-state index in [9.17, 15) is 22.4 Å². The highest BCUT2D eigenvalue weighted by Gasteiger charge is 2.31. The summed E-state index contributed by atoms with van der Waals surface area (Å²) in [6.45, 7) is 2.42. The number of unbranched alkanes of at least 4 members (excludes halogenated alkanes) is 1. The van der Waals surface area contributed by atoms with E-state index >= 15 is 0 Å². The minimum atomic E-state index is -4.65. The van der Waals surface area contributed by atoms with Crippen molar-refractivity contribution in [2.24, 2.45) is 0 Å². The molecule has 0 fully saturated rings. The summed E-state index contributed by atoms with van der Waals surface area (Å²) in [7, 11) is 0. The molecule has 2 aromatic carbocycles. The van der Waals surface area contributed by atoms with E-state index in [1.807, 2.05) is 0 Å². The van der Waals surface area contributed by atoms with Gasteiger partial charge in [0.25, 0.3) is 0 Å². The summed E-state index contributed by atoms with van der Waals surface area (Å²) in [5.41, 5.74) is -0.596. The lowest BCUT2D eigenvalue weighted by Crippen LogP contribution is -2.28. The van der Waals surface area contributed by atoms with Crippen molar-refractivity contribution >= 4 is 11.7 Å². The van der Waals surface area contributed by atoms with Crippen LogP contribution in [0.15, 0.2) is 42.5 Å². The first-order chi connectivity index (χ1) is 12.8. The van der Waals surface area contributed by atoms with Crippen molar-refractivity contribution in [3.63, 3.8) is 0 Å². The van der Waals surface area contributed by atoms with E-state index in [2.05, 4.69) is 17.6 Å². The molecule has 0 atom stereocenters. The number of carbonyl (C=O) groups is 1. The maximum atomic E-state index is 13.3. The lowest BCUT2D eigenvalue weighted by atomic mass is 10.1. The molecule has 0 spiro atoms. The van der Waals surface area contributed by atoms with E-state index in [0.717, 1.165) is 25.0 Å². The molecule has 2 N–H and O–H groups in total. The minimum absolute atomic E-state index is 0.0112. The molecule has 2 rings (SSSR count). The van der Waals surface area contributed by atoms with Gasteiger partial charge < -0.3 is 15.4 Å². The van der Waals surface area contributed by atoms with Crippen LogP contribution in [0.4, 0.5) is 28.0 Å². The second-order valence-electron chi connectivity index (χ2n) is 5.88. The van der Waals surface area contributed by atoms with Crippen LogP contribution in [0.3, 0.4) is 0 Å². The molecule has 2 amide bonds. The molecular weight excluding hydrogens is 364 g/mol. The Morgan fingerprint density at radius 1 is 1.11 bits per heavy atom. The van der Waals surface area contributed by atoms with Gasteiger partial charge >= 0.3 is 12.2 Å². The first-order valence-electron chi connectivity index (χ1n) is 8.42. The fourth-order valence-electron chi connectivity index (χ4n) is 2.24. The quantitative estimate of drug-likeness (QED) is 0.500. The molecule has 0 saturated heterocycles. The summed E-state index contributed by atoms with van der Waals surface area (Å²) in [6.07, 6.45) is -2.69. The SMILES string of the molecule is CCCCOc1ccc(NC(=O)NCc2cc(F)cc(C(F)(F)F)c2)cc1. The maximum Gasteiger partial charge on any atom is 0.416 e. The van der Waals surface area contributed by atoms with Crippen LogP contribution in [0.2, 0.25) is 0 Å². The number of rotatable bonds is 7. The molecular formula is C19H20F4N2O2. The van der Waals surface area contributed by atoms with Gasteiger partial charge in [-0.25, -0.2) is 9.18 Å². The maximum absolute atomic E-state index is 13.3. The number of urea groups is 1. The van der Waals surface area contributed by atoms with Crippen molar-refractivity contribution in [2.45, 2.75) is 32.5 Å². The standard InChI is InChI=1S/C19H20F4N2O2/c1-2-3-8-27-17-6-4-16(5-7-17)25-18(26)24-12-13-9-14(19(21,22)23)11-15(20)10-13/h4-7,9-11H,2-3,8,12H2,1H3,(H2,24,25,26). The van der Waals surface area contributed by atoms with Gasteiger partial charge in [-0.15, -0.1) is 0 Å². The Balaban J connectivity index is 1.88. The summed E-state index contributed by atoms with van der Waals surface area (Å²) in [5.74, 6) is -0.338. The van der Waals surface area contributed by atoms with Crippen molar-refractivity contribution in [2.75, 3.05) is 11.9 Å². The van der Waals surface area contributed by atoms with E-state index < -0.39 is 23.6 Å². The van der Waals surface area contributed by atoms with Crippen molar-refractivity contribution in [3.8, 4) is 5.75 Å². The van der Waals surface area contributed by atoms with Crippen LogP contribution in [-0.2, 0) is 12.7 Å². The molecule has 0 unspecified atom stereocenters. The van der Waals surface area contributed by atoms with Gasteiger partial charge in [-0.1, -0.05) is 13.3 Å². The van der Waals surface area contributed by atoms with E-state index in [1.165, 1.54) is 0 Å². The molecule has 4 nitrogen and oxygen atoms in total. The van der Waals surface area contributed by atoms with Crippen LogP contribution in [0.5, 0.6) is 5.75 Å². The third kappa shape index (κ3) is 6.80. The summed E-state index contributed by atoms with van der Waals surface area (Å²) >= 11 is 0. The average molecular weight is 384 g/mol. The van der Waals surface area contributed by atoms with Crippen LogP contribution < -0.4 is 15.4 Å². The number of benzene rings is 2. The van der Waals surface area contributed by atoms with Crippen molar-refractivity contribution in [3.05, 3.63) is 59.4 Å². The highest BCUT2D eigenvalue weighted by atomic mass is 19.4. The van der Waals surface area contributed by atoms with Crippen LogP contribution >= 0.6 is 0 Å². The Morgan fingerprint density at radius 3 is 2.44 bits per heavy atom. The number of nitrogens with one attached hydrogen (secondary N) is 2. The third-order valence-corrected chi connectivity index (χ3v) is 3.62. The predicted molar refractivity (Wildman–Crippen MR) is 94.1 cm³/mol. The molecule has 0 radical (unpaired) electrons. The number of ether oxygens (including phenoxy) is 1. The lowest BCUT2D eigenvalue weighted by Gasteiger charge is -2.11. The van der Waals surface area contributed by atoms with Gasteiger partial charge in [0.15, 0.2) is 0 Å². The number of carbonyl (C=O) groups excluding carboxylic acids is 1. The molecule has 27 heavy (non-hydrogen) atoms. The normalized spacial score (nSPS) is 11.1. The van der Waals surface area contributed by atoms with E-state index in [0.29, 0.717) is 24.1 Å². The highest BCUT2D eigenvalue weighted by Crippen LogP contribution is 2.30. The predicted octanol–water partition coefficient (Wildman–Crippen LogP) is 5.35. The zero-order valence-electron chi connectivity index (χ0n) is 14.7. The molecule has 0 aromatic heterocycles. The lowest BCUT2D eigenvalue weighted by molar-refractivity contribution is -0.137. The number of hydrogen-bond donors (Lipinski definition) is 2. The summed E-state index contributed by atoms with van der Waals surface area (Å²) in [6, 6.07) is 8.22. The Bertz CT molecular complexity index is 761. The van der Waals surface area contributed by atoms with Crippen LogP contribution in [0.25, 0.3) is 0 Å². The van der Waals surface area contributed by atoms with Gasteiger partial charge in [0.05, 0.1) is 12.2 Å². The van der Waals surface area contributed by atoms with Gasteiger partial charge in [0.1, 0.15) is 11.6 Å². The molecule has 8 heteroatoms. The molecule has 0 aliphatic rings. The third-order valence-electron chi connectivity index (χ3n) is 3.62. The molecule has 0 saturated carbocycles. The summed E-state index contributed by atoms with van der Waals surface area (Å²) in [5, 5.41) is 4.94. The second-order valence-corrected chi connectivity index (χ2v) is 5.88. The van der Waals surface area contributed by atoms with Gasteiger partial charge in [-0.2, -0.15) is 13.2 Å². The monoisotopic (exact) mass is 384 g/mol. The van der Waals surface area contributed by atoms with Crippen LogP contribution in [0, 0.1) is 5.82 Å². The average Bonchev–Trinajstić information content (AvgIpc) is 2.60. The molecule has 146 valence electrons. The van der Waals surface area contributed by atoms with Crippen molar-refractivity contribution in [1.82, 2.24) is 5.32 Å². The number of amides is 2. The zero-order valence-corrected chi connectivity index (χ0v) is 14.7. The second kappa shape index (κ2) is 9.25. The minimum Gasteiger partial charge on any atom is -0.494 e. The van der Waals surface area contributed by atoms with E-state index in [-0.39, 0.29) is 12.1 Å². The zero-order chi connectivity index (χ0) is 19.9. The van der Waals surface area contributed by atoms with Crippen molar-refractivity contribution in [1.29, 1.82) is 0 Å². The molecule has 0 heterocycles. The Labute approximate surface area is 154 Å². The molecule has 0 aliphatic carbocycles. The van der Waals surface area contributed by atoms with Crippen LogP contribution in [0.1, 0.15) is 30.9 Å². The topological polar surface area (TPSA) is 50.4 Å². The fraction of sp³-hybridized carbons (Fsp3) is 0.316. The fourth-order valence-corrected chi connectivity index (χ4v) is 2.24. The van der Waals surface area contributed by atoms with Crippen molar-refractivity contribution < 1.29 is 27.1 Å². The van der Waals surface area contributed by atoms with Gasteiger partial charge in [-0.3, -0.25) is 0 Å².